The first-order valence-corrected chi connectivity index (χ1v) is 5.98. The van der Waals surface area contributed by atoms with E-state index < -0.39 is 12.7 Å². The average Bonchev–Trinajstić information content (AvgIpc) is 2.25. The third-order valence-corrected chi connectivity index (χ3v) is 2.61. The quantitative estimate of drug-likeness (QED) is 0.882. The van der Waals surface area contributed by atoms with Crippen molar-refractivity contribution >= 4 is 5.69 Å². The summed E-state index contributed by atoms with van der Waals surface area (Å²) in [5.41, 5.74) is 7.30. The molecule has 1 rings (SSSR count). The van der Waals surface area contributed by atoms with Crippen LogP contribution in [0.5, 0.6) is 0 Å². The molecule has 0 radical (unpaired) electrons. The van der Waals surface area contributed by atoms with Crippen LogP contribution < -0.4 is 10.6 Å². The van der Waals surface area contributed by atoms with Crippen LogP contribution in [0.25, 0.3) is 0 Å². The number of nitrogens with two attached hydrogens (primary N) is 1. The highest BCUT2D eigenvalue weighted by Crippen LogP contribution is 2.22. The van der Waals surface area contributed by atoms with Crippen molar-refractivity contribution in [1.82, 2.24) is 0 Å². The van der Waals surface area contributed by atoms with Gasteiger partial charge in [-0.25, -0.2) is 0 Å². The molecule has 18 heavy (non-hydrogen) atoms. The summed E-state index contributed by atoms with van der Waals surface area (Å²) < 4.78 is 37.1. The number of nitrogens with zero attached hydrogens (tertiary/aromatic N) is 1. The van der Waals surface area contributed by atoms with Gasteiger partial charge in [0.25, 0.3) is 0 Å². The van der Waals surface area contributed by atoms with Crippen molar-refractivity contribution in [1.29, 1.82) is 0 Å². The van der Waals surface area contributed by atoms with Gasteiger partial charge in [-0.15, -0.1) is 0 Å². The van der Waals surface area contributed by atoms with Crippen molar-refractivity contribution in [2.75, 3.05) is 18.0 Å². The Morgan fingerprint density at radius 1 is 1.22 bits per heavy atom. The van der Waals surface area contributed by atoms with Crippen LogP contribution in [-0.2, 0) is 6.42 Å². The molecular formula is C13H19F3N2. The molecule has 0 aliphatic heterocycles. The Morgan fingerprint density at radius 2 is 1.78 bits per heavy atom. The van der Waals surface area contributed by atoms with Gasteiger partial charge in [0.2, 0.25) is 0 Å². The highest BCUT2D eigenvalue weighted by Gasteiger charge is 2.30. The van der Waals surface area contributed by atoms with Crippen molar-refractivity contribution in [2.24, 2.45) is 5.73 Å². The van der Waals surface area contributed by atoms with Crippen molar-refractivity contribution < 1.29 is 13.2 Å². The summed E-state index contributed by atoms with van der Waals surface area (Å²) in [7, 11) is 0. The Labute approximate surface area is 106 Å². The number of hydrogen-bond acceptors (Lipinski definition) is 2. The number of halogens is 3. The molecule has 0 aliphatic rings. The zero-order valence-corrected chi connectivity index (χ0v) is 10.7. The smallest absolute Gasteiger partial charge is 0.363 e. The largest absolute Gasteiger partial charge is 0.405 e. The van der Waals surface area contributed by atoms with Crippen molar-refractivity contribution in [3.05, 3.63) is 29.8 Å². The molecule has 0 amide bonds. The van der Waals surface area contributed by atoms with Crippen molar-refractivity contribution in [3.63, 3.8) is 0 Å². The molecule has 0 bridgehead atoms. The molecule has 0 aliphatic carbocycles. The molecule has 0 saturated heterocycles. The Balaban J connectivity index is 2.75. The van der Waals surface area contributed by atoms with Gasteiger partial charge in [-0.1, -0.05) is 12.1 Å². The van der Waals surface area contributed by atoms with Gasteiger partial charge < -0.3 is 10.6 Å². The number of anilines is 1. The van der Waals surface area contributed by atoms with E-state index in [1.807, 2.05) is 19.1 Å². The average molecular weight is 260 g/mol. The second-order valence-corrected chi connectivity index (χ2v) is 4.48. The first-order valence-electron chi connectivity index (χ1n) is 5.98. The first kappa shape index (κ1) is 14.8. The van der Waals surface area contributed by atoms with Gasteiger partial charge in [0.05, 0.1) is 0 Å². The molecule has 5 heteroatoms. The van der Waals surface area contributed by atoms with Crippen LogP contribution in [0, 0.1) is 0 Å². The number of hydrogen-bond donors (Lipinski definition) is 1. The molecular weight excluding hydrogens is 241 g/mol. The fraction of sp³-hybridized carbons (Fsp3) is 0.538. The van der Waals surface area contributed by atoms with E-state index in [1.165, 1.54) is 4.90 Å². The molecule has 0 fully saturated rings. The van der Waals surface area contributed by atoms with Crippen LogP contribution >= 0.6 is 0 Å². The molecule has 0 spiro atoms. The number of rotatable bonds is 5. The summed E-state index contributed by atoms with van der Waals surface area (Å²) in [6.45, 7) is 3.01. The first-order chi connectivity index (χ1) is 8.31. The van der Waals surface area contributed by atoms with Gasteiger partial charge >= 0.3 is 6.18 Å². The molecule has 0 heterocycles. The normalized spacial score (nSPS) is 13.4. The second kappa shape index (κ2) is 6.09. The lowest BCUT2D eigenvalue weighted by Crippen LogP contribution is -2.34. The third kappa shape index (κ3) is 4.96. The predicted molar refractivity (Wildman–Crippen MR) is 67.7 cm³/mol. The Bertz CT molecular complexity index is 357. The maximum absolute atomic E-state index is 12.4. The summed E-state index contributed by atoms with van der Waals surface area (Å²) in [6.07, 6.45) is -3.45. The van der Waals surface area contributed by atoms with E-state index in [4.69, 9.17) is 5.73 Å². The van der Waals surface area contributed by atoms with E-state index in [-0.39, 0.29) is 6.04 Å². The van der Waals surface area contributed by atoms with Gasteiger partial charge in [0.15, 0.2) is 0 Å². The summed E-state index contributed by atoms with van der Waals surface area (Å²) >= 11 is 0. The Kier molecular flexibility index (Phi) is 5.02. The molecule has 1 aromatic carbocycles. The summed E-state index contributed by atoms with van der Waals surface area (Å²) in [5, 5.41) is 0. The zero-order chi connectivity index (χ0) is 13.8. The van der Waals surface area contributed by atoms with E-state index in [9.17, 15) is 13.2 Å². The predicted octanol–water partition coefficient (Wildman–Crippen LogP) is 2.96. The summed E-state index contributed by atoms with van der Waals surface area (Å²) in [6, 6.07) is 7.14. The van der Waals surface area contributed by atoms with Crippen LogP contribution in [0.15, 0.2) is 24.3 Å². The minimum atomic E-state index is -4.18. The molecule has 2 N–H and O–H groups in total. The van der Waals surface area contributed by atoms with Gasteiger partial charge in [-0.2, -0.15) is 13.2 Å². The van der Waals surface area contributed by atoms with E-state index in [0.29, 0.717) is 12.2 Å². The molecule has 1 unspecified atom stereocenters. The molecule has 0 aromatic heterocycles. The standard InChI is InChI=1S/C13H19F3N2/c1-3-18(9-13(14,15)16)12-6-4-11(5-7-12)8-10(2)17/h4-7,10H,3,8-9,17H2,1-2H3. The van der Waals surface area contributed by atoms with Crippen LogP contribution in [0.4, 0.5) is 18.9 Å². The van der Waals surface area contributed by atoms with Gasteiger partial charge in [-0.05, 0) is 38.0 Å². The van der Waals surface area contributed by atoms with E-state index >= 15 is 0 Å². The molecule has 102 valence electrons. The highest BCUT2D eigenvalue weighted by molar-refractivity contribution is 5.47. The summed E-state index contributed by atoms with van der Waals surface area (Å²) in [5.74, 6) is 0. The highest BCUT2D eigenvalue weighted by atomic mass is 19.4. The van der Waals surface area contributed by atoms with Gasteiger partial charge in [0.1, 0.15) is 6.54 Å². The Morgan fingerprint density at radius 3 is 2.17 bits per heavy atom. The second-order valence-electron chi connectivity index (χ2n) is 4.48. The zero-order valence-electron chi connectivity index (χ0n) is 10.7. The number of alkyl halides is 3. The van der Waals surface area contributed by atoms with E-state index in [2.05, 4.69) is 0 Å². The van der Waals surface area contributed by atoms with Crippen LogP contribution in [-0.4, -0.2) is 25.3 Å². The van der Waals surface area contributed by atoms with Crippen molar-refractivity contribution in [3.8, 4) is 0 Å². The van der Waals surface area contributed by atoms with Crippen LogP contribution in [0.2, 0.25) is 0 Å². The lowest BCUT2D eigenvalue weighted by molar-refractivity contribution is -0.119. The van der Waals surface area contributed by atoms with E-state index in [1.54, 1.807) is 19.1 Å². The van der Waals surface area contributed by atoms with Gasteiger partial charge in [-0.3, -0.25) is 0 Å². The minimum absolute atomic E-state index is 0.0494. The third-order valence-electron chi connectivity index (χ3n) is 2.61. The molecule has 1 aromatic rings. The lowest BCUT2D eigenvalue weighted by Gasteiger charge is -2.24. The minimum Gasteiger partial charge on any atom is -0.363 e. The van der Waals surface area contributed by atoms with Crippen molar-refractivity contribution in [2.45, 2.75) is 32.5 Å². The van der Waals surface area contributed by atoms with Crippen LogP contribution in [0.3, 0.4) is 0 Å². The van der Waals surface area contributed by atoms with Crippen LogP contribution in [0.1, 0.15) is 19.4 Å². The van der Waals surface area contributed by atoms with Gasteiger partial charge in [0, 0.05) is 18.3 Å². The molecule has 1 atom stereocenters. The Hall–Kier alpha value is -1.23. The molecule has 0 saturated carbocycles. The lowest BCUT2D eigenvalue weighted by atomic mass is 10.1. The number of benzene rings is 1. The molecule has 2 nitrogen and oxygen atoms in total. The monoisotopic (exact) mass is 260 g/mol. The summed E-state index contributed by atoms with van der Waals surface area (Å²) in [4.78, 5) is 1.30. The maximum Gasteiger partial charge on any atom is 0.405 e. The fourth-order valence-corrected chi connectivity index (χ4v) is 1.82. The fourth-order valence-electron chi connectivity index (χ4n) is 1.82. The maximum atomic E-state index is 12.4. The van der Waals surface area contributed by atoms with E-state index in [0.717, 1.165) is 12.0 Å². The SMILES string of the molecule is CCN(CC(F)(F)F)c1ccc(CC(C)N)cc1. The topological polar surface area (TPSA) is 29.3 Å².